The number of nitrogens with one attached hydrogen (secondary N) is 1. The van der Waals surface area contributed by atoms with Crippen LogP contribution in [0, 0.1) is 11.7 Å². The molecule has 1 amide bonds. The predicted molar refractivity (Wildman–Crippen MR) is 126 cm³/mol. The average molecular weight is 444 g/mol. The van der Waals surface area contributed by atoms with Gasteiger partial charge >= 0.3 is 0 Å². The Kier molecular flexibility index (Phi) is 5.18. The van der Waals surface area contributed by atoms with Gasteiger partial charge in [-0.05, 0) is 59.7 Å². The maximum absolute atomic E-state index is 13.4. The SMILES string of the molecule is Cc1cncc(C(=O)N2CCC(=C3c4ccccc4CS(=N)(=O)c4ccccc43)CC2)c1. The van der Waals surface area contributed by atoms with Crippen molar-refractivity contribution in [3.8, 4) is 0 Å². The van der Waals surface area contributed by atoms with Gasteiger partial charge in [-0.3, -0.25) is 9.78 Å². The molecule has 0 bridgehead atoms. The van der Waals surface area contributed by atoms with Crippen LogP contribution in [0.3, 0.4) is 0 Å². The highest BCUT2D eigenvalue weighted by atomic mass is 32.2. The van der Waals surface area contributed by atoms with Gasteiger partial charge in [-0.1, -0.05) is 48.0 Å². The third-order valence-electron chi connectivity index (χ3n) is 6.29. The highest BCUT2D eigenvalue weighted by Crippen LogP contribution is 2.41. The zero-order chi connectivity index (χ0) is 22.3. The number of fused-ring (bicyclic) bond motifs is 2. The number of amides is 1. The highest BCUT2D eigenvalue weighted by Gasteiger charge is 2.29. The van der Waals surface area contributed by atoms with Crippen molar-refractivity contribution in [2.45, 2.75) is 30.4 Å². The van der Waals surface area contributed by atoms with Crippen molar-refractivity contribution in [1.29, 1.82) is 4.78 Å². The van der Waals surface area contributed by atoms with Crippen LogP contribution in [-0.4, -0.2) is 33.1 Å². The fourth-order valence-corrected chi connectivity index (χ4v) is 6.43. The van der Waals surface area contributed by atoms with E-state index < -0.39 is 9.73 Å². The van der Waals surface area contributed by atoms with E-state index in [2.05, 4.69) is 11.1 Å². The Balaban J connectivity index is 1.55. The number of rotatable bonds is 1. The lowest BCUT2D eigenvalue weighted by molar-refractivity contribution is 0.0743. The van der Waals surface area contributed by atoms with Crippen LogP contribution in [0.4, 0.5) is 0 Å². The van der Waals surface area contributed by atoms with E-state index >= 15 is 0 Å². The van der Waals surface area contributed by atoms with Gasteiger partial charge in [-0.25, -0.2) is 8.99 Å². The number of likely N-dealkylation sites (tertiary alicyclic amines) is 1. The maximum atomic E-state index is 13.4. The lowest BCUT2D eigenvalue weighted by atomic mass is 9.86. The van der Waals surface area contributed by atoms with E-state index in [1.807, 2.05) is 60.4 Å². The van der Waals surface area contributed by atoms with Gasteiger partial charge in [0.1, 0.15) is 0 Å². The molecule has 0 saturated carbocycles. The van der Waals surface area contributed by atoms with E-state index in [4.69, 9.17) is 4.78 Å². The van der Waals surface area contributed by atoms with Crippen LogP contribution in [-0.2, 0) is 15.5 Å². The molecule has 0 spiro atoms. The smallest absolute Gasteiger partial charge is 0.255 e. The lowest BCUT2D eigenvalue weighted by Gasteiger charge is -2.30. The first-order valence-corrected chi connectivity index (χ1v) is 12.5. The zero-order valence-electron chi connectivity index (χ0n) is 18.0. The fraction of sp³-hybridized carbons (Fsp3) is 0.231. The molecule has 2 aliphatic rings. The summed E-state index contributed by atoms with van der Waals surface area (Å²) in [6, 6.07) is 17.5. The summed E-state index contributed by atoms with van der Waals surface area (Å²) < 4.78 is 22.0. The van der Waals surface area contributed by atoms with Crippen LogP contribution in [0.2, 0.25) is 0 Å². The standard InChI is InChI=1S/C26H25N3O2S/c1-18-14-21(16-28-15-18)26(30)29-12-10-19(11-13-29)25-22-7-3-2-6-20(22)17-32(27,31)24-9-5-4-8-23(24)25/h2-9,14-16,27H,10-13,17H2,1H3. The molecule has 5 rings (SSSR count). The number of piperidine rings is 1. The summed E-state index contributed by atoms with van der Waals surface area (Å²) in [5.41, 5.74) is 6.87. The van der Waals surface area contributed by atoms with E-state index in [-0.39, 0.29) is 11.7 Å². The molecule has 1 fully saturated rings. The van der Waals surface area contributed by atoms with Gasteiger partial charge in [0.2, 0.25) is 0 Å². The Morgan fingerprint density at radius 1 is 1.00 bits per heavy atom. The van der Waals surface area contributed by atoms with Crippen molar-refractivity contribution < 1.29 is 9.00 Å². The molecule has 1 aromatic heterocycles. The predicted octanol–water partition coefficient (Wildman–Crippen LogP) is 5.05. The zero-order valence-corrected chi connectivity index (χ0v) is 18.8. The number of benzene rings is 2. The number of carbonyl (C=O) groups is 1. The topological polar surface area (TPSA) is 74.1 Å². The van der Waals surface area contributed by atoms with Crippen LogP contribution >= 0.6 is 0 Å². The van der Waals surface area contributed by atoms with E-state index in [1.54, 1.807) is 12.4 Å². The molecule has 5 nitrogen and oxygen atoms in total. The van der Waals surface area contributed by atoms with Crippen molar-refractivity contribution >= 4 is 21.2 Å². The summed E-state index contributed by atoms with van der Waals surface area (Å²) >= 11 is 0. The minimum Gasteiger partial charge on any atom is -0.338 e. The molecule has 2 aromatic carbocycles. The number of hydrogen-bond acceptors (Lipinski definition) is 4. The second-order valence-corrected chi connectivity index (χ2v) is 10.6. The molecule has 3 heterocycles. The number of aromatic nitrogens is 1. The van der Waals surface area contributed by atoms with Gasteiger partial charge in [-0.15, -0.1) is 0 Å². The van der Waals surface area contributed by atoms with Gasteiger partial charge in [0.05, 0.1) is 25.9 Å². The molecule has 0 radical (unpaired) electrons. The number of nitrogens with zero attached hydrogens (tertiary/aromatic N) is 2. The molecule has 6 heteroatoms. The van der Waals surface area contributed by atoms with Crippen molar-refractivity contribution in [2.24, 2.45) is 0 Å². The molecule has 1 unspecified atom stereocenters. The maximum Gasteiger partial charge on any atom is 0.255 e. The Morgan fingerprint density at radius 2 is 1.69 bits per heavy atom. The first kappa shape index (κ1) is 20.6. The molecule has 0 aliphatic carbocycles. The van der Waals surface area contributed by atoms with Crippen LogP contribution in [0.25, 0.3) is 5.57 Å². The summed E-state index contributed by atoms with van der Waals surface area (Å²) in [5, 5.41) is 0. The number of hydrogen-bond donors (Lipinski definition) is 1. The van der Waals surface area contributed by atoms with E-state index in [9.17, 15) is 9.00 Å². The monoisotopic (exact) mass is 443 g/mol. The lowest BCUT2D eigenvalue weighted by Crippen LogP contribution is -2.36. The van der Waals surface area contributed by atoms with Crippen molar-refractivity contribution in [3.05, 3.63) is 100 Å². The highest BCUT2D eigenvalue weighted by molar-refractivity contribution is 7.91. The Morgan fingerprint density at radius 3 is 2.44 bits per heavy atom. The first-order chi connectivity index (χ1) is 15.4. The second-order valence-electron chi connectivity index (χ2n) is 8.49. The van der Waals surface area contributed by atoms with Crippen LogP contribution in [0.15, 0.2) is 77.5 Å². The minimum absolute atomic E-state index is 0.0149. The summed E-state index contributed by atoms with van der Waals surface area (Å²) in [6.45, 7) is 3.20. The van der Waals surface area contributed by atoms with Crippen molar-refractivity contribution in [3.63, 3.8) is 0 Å². The van der Waals surface area contributed by atoms with Crippen molar-refractivity contribution in [2.75, 3.05) is 13.1 Å². The van der Waals surface area contributed by atoms with Gasteiger partial charge in [0, 0.05) is 25.5 Å². The third-order valence-corrected chi connectivity index (χ3v) is 8.07. The van der Waals surface area contributed by atoms with E-state index in [1.165, 1.54) is 5.57 Å². The molecular formula is C26H25N3O2S. The quantitative estimate of drug-likeness (QED) is 0.572. The first-order valence-electron chi connectivity index (χ1n) is 10.8. The van der Waals surface area contributed by atoms with Crippen LogP contribution in [0.1, 0.15) is 45.5 Å². The minimum atomic E-state index is -2.93. The third kappa shape index (κ3) is 3.65. The normalized spacial score (nSPS) is 20.3. The van der Waals surface area contributed by atoms with E-state index in [0.717, 1.165) is 40.7 Å². The average Bonchev–Trinajstić information content (AvgIpc) is 2.90. The second kappa shape index (κ2) is 8.02. The molecule has 1 N–H and O–H groups in total. The molecule has 32 heavy (non-hydrogen) atoms. The summed E-state index contributed by atoms with van der Waals surface area (Å²) in [5.74, 6) is 0.239. The fourth-order valence-electron chi connectivity index (χ4n) is 4.76. The molecule has 1 saturated heterocycles. The molecule has 3 aromatic rings. The summed E-state index contributed by atoms with van der Waals surface area (Å²) in [4.78, 5) is 19.6. The Labute approximate surface area is 188 Å². The summed E-state index contributed by atoms with van der Waals surface area (Å²) in [7, 11) is -2.93. The number of carbonyl (C=O) groups excluding carboxylic acids is 1. The Hall–Kier alpha value is -3.25. The van der Waals surface area contributed by atoms with Gasteiger partial charge in [0.25, 0.3) is 5.91 Å². The molecular weight excluding hydrogens is 418 g/mol. The Bertz CT molecular complexity index is 1350. The van der Waals surface area contributed by atoms with Gasteiger partial charge in [0.15, 0.2) is 0 Å². The summed E-state index contributed by atoms with van der Waals surface area (Å²) in [6.07, 6.45) is 4.89. The largest absolute Gasteiger partial charge is 0.338 e. The number of aryl methyl sites for hydroxylation is 1. The van der Waals surface area contributed by atoms with Crippen LogP contribution in [0.5, 0.6) is 0 Å². The molecule has 162 valence electrons. The van der Waals surface area contributed by atoms with Gasteiger partial charge < -0.3 is 4.90 Å². The van der Waals surface area contributed by atoms with Crippen LogP contribution < -0.4 is 0 Å². The van der Waals surface area contributed by atoms with E-state index in [0.29, 0.717) is 23.5 Å². The molecule has 2 aliphatic heterocycles. The van der Waals surface area contributed by atoms with Crippen molar-refractivity contribution in [1.82, 2.24) is 9.88 Å². The van der Waals surface area contributed by atoms with Gasteiger partial charge in [-0.2, -0.15) is 0 Å². The number of pyridine rings is 1. The molecule has 1 atom stereocenters.